The zero-order chi connectivity index (χ0) is 15.1. The van der Waals surface area contributed by atoms with E-state index < -0.39 is 12.2 Å². The Morgan fingerprint density at radius 2 is 1.80 bits per heavy atom. The van der Waals surface area contributed by atoms with Crippen molar-refractivity contribution in [2.75, 3.05) is 31.6 Å². The summed E-state index contributed by atoms with van der Waals surface area (Å²) in [5.74, 6) is -0.373. The molecule has 0 aliphatic carbocycles. The summed E-state index contributed by atoms with van der Waals surface area (Å²) in [6, 6.07) is 1.55. The lowest BCUT2D eigenvalue weighted by atomic mass is 10.1. The molecule has 1 saturated heterocycles. The van der Waals surface area contributed by atoms with Crippen molar-refractivity contribution in [1.29, 1.82) is 0 Å². The van der Waals surface area contributed by atoms with Gasteiger partial charge in [0, 0.05) is 25.3 Å². The maximum atomic E-state index is 13.7. The van der Waals surface area contributed by atoms with Gasteiger partial charge in [0.25, 0.3) is 0 Å². The van der Waals surface area contributed by atoms with Crippen LogP contribution in [-0.2, 0) is 0 Å². The van der Waals surface area contributed by atoms with Crippen LogP contribution in [0.25, 0.3) is 0 Å². The molecule has 1 fully saturated rings. The molecule has 1 aliphatic heterocycles. The van der Waals surface area contributed by atoms with Crippen molar-refractivity contribution in [3.8, 4) is 0 Å². The van der Waals surface area contributed by atoms with Gasteiger partial charge in [-0.05, 0) is 44.2 Å². The third-order valence-corrected chi connectivity index (χ3v) is 3.98. The molecule has 1 heterocycles. The van der Waals surface area contributed by atoms with E-state index in [9.17, 15) is 17.6 Å². The highest BCUT2D eigenvalue weighted by atomic mass is 19.4. The molecule has 0 aromatic heterocycles. The van der Waals surface area contributed by atoms with Crippen LogP contribution in [0.1, 0.15) is 11.1 Å². The number of aryl methyl sites for hydroxylation is 1. The summed E-state index contributed by atoms with van der Waals surface area (Å²) < 4.78 is 52.6. The maximum Gasteiger partial charge on any atom is 0.405 e. The number of hydrogen-bond acceptors (Lipinski definition) is 2. The van der Waals surface area contributed by atoms with Gasteiger partial charge in [-0.15, -0.1) is 0 Å². The van der Waals surface area contributed by atoms with E-state index in [1.807, 2.05) is 0 Å². The van der Waals surface area contributed by atoms with Crippen molar-refractivity contribution in [2.45, 2.75) is 26.1 Å². The molecule has 0 N–H and O–H groups in total. The van der Waals surface area contributed by atoms with Crippen LogP contribution in [0.2, 0.25) is 0 Å². The molecule has 2 nitrogen and oxygen atoms in total. The number of halogens is 4. The van der Waals surface area contributed by atoms with Gasteiger partial charge >= 0.3 is 6.18 Å². The van der Waals surface area contributed by atoms with Gasteiger partial charge in [-0.1, -0.05) is 0 Å². The summed E-state index contributed by atoms with van der Waals surface area (Å²) in [5, 5.41) is 0. The smallest absolute Gasteiger partial charge is 0.368 e. The Morgan fingerprint density at radius 1 is 1.15 bits per heavy atom. The van der Waals surface area contributed by atoms with E-state index in [-0.39, 0.29) is 12.4 Å². The summed E-state index contributed by atoms with van der Waals surface area (Å²) in [4.78, 5) is 2.90. The minimum Gasteiger partial charge on any atom is -0.368 e. The van der Waals surface area contributed by atoms with E-state index in [4.69, 9.17) is 0 Å². The number of anilines is 1. The van der Waals surface area contributed by atoms with Crippen molar-refractivity contribution >= 4 is 5.69 Å². The first-order valence-electron chi connectivity index (χ1n) is 6.49. The minimum absolute atomic E-state index is 0.165. The van der Waals surface area contributed by atoms with Gasteiger partial charge in [0.15, 0.2) is 0 Å². The standard InChI is InChI=1S/C14H18F4N2/c1-9-6-11(7-12(15)10(9)2)20-5-4-19(3)13(8-20)14(16,17)18/h6-7,13H,4-5,8H2,1-3H3. The molecule has 112 valence electrons. The predicted molar refractivity (Wildman–Crippen MR) is 70.6 cm³/mol. The highest BCUT2D eigenvalue weighted by molar-refractivity contribution is 5.52. The normalized spacial score (nSPS) is 21.4. The number of hydrogen-bond donors (Lipinski definition) is 0. The molecular formula is C14H18F4N2. The third-order valence-electron chi connectivity index (χ3n) is 3.98. The van der Waals surface area contributed by atoms with E-state index in [2.05, 4.69) is 0 Å². The molecule has 0 bridgehead atoms. The summed E-state index contributed by atoms with van der Waals surface area (Å²) in [7, 11) is 1.47. The van der Waals surface area contributed by atoms with Crippen molar-refractivity contribution < 1.29 is 17.6 Å². The first kappa shape index (κ1) is 15.1. The van der Waals surface area contributed by atoms with Crippen LogP contribution in [0.4, 0.5) is 23.2 Å². The Balaban J connectivity index is 2.26. The monoisotopic (exact) mass is 290 g/mol. The van der Waals surface area contributed by atoms with Gasteiger partial charge in [0.05, 0.1) is 0 Å². The number of nitrogens with zero attached hydrogens (tertiary/aromatic N) is 2. The lowest BCUT2D eigenvalue weighted by molar-refractivity contribution is -0.180. The molecule has 2 rings (SSSR count). The van der Waals surface area contributed by atoms with Crippen LogP contribution < -0.4 is 4.90 Å². The van der Waals surface area contributed by atoms with Crippen LogP contribution in [0.3, 0.4) is 0 Å². The average Bonchev–Trinajstić information content (AvgIpc) is 2.34. The lowest BCUT2D eigenvalue weighted by Crippen LogP contribution is -2.57. The first-order valence-corrected chi connectivity index (χ1v) is 6.49. The Bertz CT molecular complexity index is 475. The zero-order valence-electron chi connectivity index (χ0n) is 11.8. The van der Waals surface area contributed by atoms with Crippen LogP contribution in [-0.4, -0.2) is 43.8 Å². The minimum atomic E-state index is -4.27. The largest absolute Gasteiger partial charge is 0.405 e. The molecule has 0 spiro atoms. The average molecular weight is 290 g/mol. The van der Waals surface area contributed by atoms with E-state index in [0.717, 1.165) is 5.56 Å². The zero-order valence-corrected chi connectivity index (χ0v) is 11.8. The topological polar surface area (TPSA) is 6.48 Å². The van der Waals surface area contributed by atoms with Gasteiger partial charge < -0.3 is 4.90 Å². The van der Waals surface area contributed by atoms with E-state index >= 15 is 0 Å². The molecule has 0 amide bonds. The SMILES string of the molecule is Cc1cc(N2CCN(C)C(C(F)(F)F)C2)cc(F)c1C. The van der Waals surface area contributed by atoms with Gasteiger partial charge in [0.1, 0.15) is 11.9 Å². The van der Waals surface area contributed by atoms with Crippen molar-refractivity contribution in [3.05, 3.63) is 29.1 Å². The second kappa shape index (κ2) is 5.24. The highest BCUT2D eigenvalue weighted by Crippen LogP contribution is 2.30. The van der Waals surface area contributed by atoms with Gasteiger partial charge in [-0.25, -0.2) is 4.39 Å². The molecule has 1 aromatic rings. The molecule has 1 unspecified atom stereocenters. The quantitative estimate of drug-likeness (QED) is 0.733. The molecule has 1 atom stereocenters. The number of piperazine rings is 1. The molecular weight excluding hydrogens is 272 g/mol. The van der Waals surface area contributed by atoms with Crippen LogP contribution in [0, 0.1) is 19.7 Å². The maximum absolute atomic E-state index is 13.7. The fraction of sp³-hybridized carbons (Fsp3) is 0.571. The van der Waals surface area contributed by atoms with E-state index in [1.165, 1.54) is 18.0 Å². The Labute approximate surface area is 116 Å². The molecule has 1 aromatic carbocycles. The second-order valence-electron chi connectivity index (χ2n) is 5.35. The Morgan fingerprint density at radius 3 is 2.35 bits per heavy atom. The number of benzene rings is 1. The fourth-order valence-corrected chi connectivity index (χ4v) is 2.44. The van der Waals surface area contributed by atoms with Crippen LogP contribution in [0.15, 0.2) is 12.1 Å². The molecule has 0 radical (unpaired) electrons. The third kappa shape index (κ3) is 2.90. The predicted octanol–water partition coefficient (Wildman–Crippen LogP) is 3.13. The Kier molecular flexibility index (Phi) is 3.95. The van der Waals surface area contributed by atoms with Gasteiger partial charge in [0.2, 0.25) is 0 Å². The fourth-order valence-electron chi connectivity index (χ4n) is 2.44. The summed E-state index contributed by atoms with van der Waals surface area (Å²) in [5.41, 5.74) is 1.81. The van der Waals surface area contributed by atoms with Crippen molar-refractivity contribution in [3.63, 3.8) is 0 Å². The van der Waals surface area contributed by atoms with E-state index in [0.29, 0.717) is 24.3 Å². The molecule has 0 saturated carbocycles. The van der Waals surface area contributed by atoms with Gasteiger partial charge in [-0.3, -0.25) is 4.90 Å². The summed E-state index contributed by atoms with van der Waals surface area (Å²) in [6.45, 7) is 4.03. The molecule has 6 heteroatoms. The van der Waals surface area contributed by atoms with Gasteiger partial charge in [-0.2, -0.15) is 13.2 Å². The number of rotatable bonds is 1. The molecule has 1 aliphatic rings. The highest BCUT2D eigenvalue weighted by Gasteiger charge is 2.45. The number of likely N-dealkylation sites (N-methyl/N-ethyl adjacent to an activating group) is 1. The van der Waals surface area contributed by atoms with Crippen molar-refractivity contribution in [1.82, 2.24) is 4.90 Å². The van der Waals surface area contributed by atoms with Crippen LogP contribution in [0.5, 0.6) is 0 Å². The summed E-state index contributed by atoms with van der Waals surface area (Å²) >= 11 is 0. The van der Waals surface area contributed by atoms with Crippen molar-refractivity contribution in [2.24, 2.45) is 0 Å². The first-order chi connectivity index (χ1) is 9.20. The number of alkyl halides is 3. The molecule has 20 heavy (non-hydrogen) atoms. The summed E-state index contributed by atoms with van der Waals surface area (Å²) in [6.07, 6.45) is -4.27. The lowest BCUT2D eigenvalue weighted by Gasteiger charge is -2.41. The van der Waals surface area contributed by atoms with Crippen LogP contribution >= 0.6 is 0 Å². The Hall–Kier alpha value is -1.30. The van der Waals surface area contributed by atoms with E-state index in [1.54, 1.807) is 24.8 Å². The second-order valence-corrected chi connectivity index (χ2v) is 5.35.